The molecule has 3 N–H and O–H groups in total. The van der Waals surface area contributed by atoms with E-state index in [0.29, 0.717) is 19.0 Å². The molecule has 0 aliphatic carbocycles. The molecule has 1 amide bonds. The predicted octanol–water partition coefficient (Wildman–Crippen LogP) is 5.62. The molecule has 3 aromatic carbocycles. The Bertz CT molecular complexity index is 1430. The number of nitrogens with one attached hydrogen (secondary N) is 1. The fourth-order valence-electron chi connectivity index (χ4n) is 6.46. The largest absolute Gasteiger partial charge is 0.481 e. The van der Waals surface area contributed by atoms with Gasteiger partial charge in [0.05, 0.1) is 25.4 Å². The van der Waals surface area contributed by atoms with Crippen molar-refractivity contribution in [3.8, 4) is 11.1 Å². The van der Waals surface area contributed by atoms with Crippen molar-refractivity contribution in [1.29, 1.82) is 0 Å². The molecule has 0 saturated carbocycles. The molecular formula is C37H46N2O7. The number of nitrogens with zero attached hydrogens (tertiary/aromatic N) is 1. The summed E-state index contributed by atoms with van der Waals surface area (Å²) in [6, 6.07) is 24.7. The second-order valence-electron chi connectivity index (χ2n) is 12.4. The molecule has 2 aliphatic heterocycles. The van der Waals surface area contributed by atoms with E-state index >= 15 is 0 Å². The van der Waals surface area contributed by atoms with Crippen LogP contribution in [0.5, 0.6) is 0 Å². The number of likely N-dealkylation sites (tertiary alicyclic amines) is 1. The monoisotopic (exact) mass is 630 g/mol. The zero-order valence-corrected chi connectivity index (χ0v) is 26.8. The Morgan fingerprint density at radius 1 is 0.957 bits per heavy atom. The standard InChI is InChI=1S/C37H46N2O7/c1-25-33(22-39-19-5-8-32(39)24-44-2)45-37(46-36(25)29-13-11-26(23-40)12-14-29)30-17-15-28(16-18-30)31-7-3-6-27(20-31)21-38-34(41)9-4-10-35(42)43/h3,6-7,11-18,20,25,32-33,36-37,40H,4-5,8-10,19,21-24H2,1-2H3,(H,38,41)(H,42,43)/t25-,32-,33+,36+,37+/m0/s1. The lowest BCUT2D eigenvalue weighted by Gasteiger charge is -2.43. The van der Waals surface area contributed by atoms with E-state index in [-0.39, 0.29) is 43.5 Å². The minimum atomic E-state index is -0.894. The molecular weight excluding hydrogens is 584 g/mol. The van der Waals surface area contributed by atoms with Crippen molar-refractivity contribution in [2.24, 2.45) is 5.92 Å². The number of carbonyl (C=O) groups is 2. The van der Waals surface area contributed by atoms with Crippen molar-refractivity contribution in [3.63, 3.8) is 0 Å². The highest BCUT2D eigenvalue weighted by Crippen LogP contribution is 2.42. The summed E-state index contributed by atoms with van der Waals surface area (Å²) in [5.74, 6) is -0.938. The van der Waals surface area contributed by atoms with Gasteiger partial charge in [0, 0.05) is 50.6 Å². The molecule has 246 valence electrons. The van der Waals surface area contributed by atoms with E-state index < -0.39 is 12.3 Å². The van der Waals surface area contributed by atoms with Crippen molar-refractivity contribution in [2.75, 3.05) is 26.8 Å². The lowest BCUT2D eigenvalue weighted by Crippen LogP contribution is -2.46. The summed E-state index contributed by atoms with van der Waals surface area (Å²) in [5, 5.41) is 21.2. The number of rotatable bonds is 14. The fourth-order valence-corrected chi connectivity index (χ4v) is 6.46. The summed E-state index contributed by atoms with van der Waals surface area (Å²) < 4.78 is 18.9. The minimum absolute atomic E-state index is 0.00402. The number of aliphatic hydroxyl groups is 1. The van der Waals surface area contributed by atoms with Crippen LogP contribution < -0.4 is 5.32 Å². The van der Waals surface area contributed by atoms with Crippen LogP contribution in [0, 0.1) is 5.92 Å². The molecule has 0 aromatic heterocycles. The van der Waals surface area contributed by atoms with E-state index in [2.05, 4.69) is 47.5 Å². The van der Waals surface area contributed by atoms with Crippen LogP contribution in [0.3, 0.4) is 0 Å². The summed E-state index contributed by atoms with van der Waals surface area (Å²) in [5.41, 5.74) is 5.91. The first kappa shape index (κ1) is 33.8. The van der Waals surface area contributed by atoms with Crippen molar-refractivity contribution >= 4 is 11.9 Å². The third-order valence-electron chi connectivity index (χ3n) is 9.12. The number of methoxy groups -OCH3 is 1. The number of aliphatic hydroxyl groups excluding tert-OH is 1. The van der Waals surface area contributed by atoms with Crippen LogP contribution >= 0.6 is 0 Å². The van der Waals surface area contributed by atoms with E-state index in [1.54, 1.807) is 7.11 Å². The minimum Gasteiger partial charge on any atom is -0.481 e. The highest BCUT2D eigenvalue weighted by atomic mass is 16.7. The van der Waals surface area contributed by atoms with Crippen LogP contribution in [0.2, 0.25) is 0 Å². The Kier molecular flexibility index (Phi) is 12.0. The third-order valence-corrected chi connectivity index (χ3v) is 9.12. The lowest BCUT2D eigenvalue weighted by molar-refractivity contribution is -0.276. The van der Waals surface area contributed by atoms with Crippen molar-refractivity contribution in [1.82, 2.24) is 10.2 Å². The first-order chi connectivity index (χ1) is 22.3. The van der Waals surface area contributed by atoms with Crippen molar-refractivity contribution in [3.05, 3.63) is 95.1 Å². The van der Waals surface area contributed by atoms with Crippen LogP contribution in [0.25, 0.3) is 11.1 Å². The number of carboxylic acids is 1. The van der Waals surface area contributed by atoms with Gasteiger partial charge >= 0.3 is 5.97 Å². The first-order valence-corrected chi connectivity index (χ1v) is 16.3. The van der Waals surface area contributed by atoms with Gasteiger partial charge in [-0.25, -0.2) is 0 Å². The quantitative estimate of drug-likeness (QED) is 0.210. The van der Waals surface area contributed by atoms with Gasteiger partial charge in [0.2, 0.25) is 5.91 Å². The summed E-state index contributed by atoms with van der Waals surface area (Å²) in [4.78, 5) is 25.3. The number of carbonyl (C=O) groups excluding carboxylic acids is 1. The Morgan fingerprint density at radius 3 is 2.43 bits per heavy atom. The zero-order chi connectivity index (χ0) is 32.5. The molecule has 9 heteroatoms. The van der Waals surface area contributed by atoms with Crippen LogP contribution in [-0.4, -0.2) is 65.9 Å². The number of hydrogen-bond acceptors (Lipinski definition) is 7. The van der Waals surface area contributed by atoms with Gasteiger partial charge in [0.1, 0.15) is 0 Å². The molecule has 2 saturated heterocycles. The Labute approximate surface area is 271 Å². The van der Waals surface area contributed by atoms with Crippen LogP contribution in [0.15, 0.2) is 72.8 Å². The van der Waals surface area contributed by atoms with Crippen molar-refractivity contribution in [2.45, 2.75) is 76.7 Å². The molecule has 5 rings (SSSR count). The maximum Gasteiger partial charge on any atom is 0.303 e. The lowest BCUT2D eigenvalue weighted by atomic mass is 9.89. The summed E-state index contributed by atoms with van der Waals surface area (Å²) in [6.07, 6.45) is 2.03. The number of amides is 1. The average molecular weight is 631 g/mol. The van der Waals surface area contributed by atoms with Crippen LogP contribution in [0.4, 0.5) is 0 Å². The topological polar surface area (TPSA) is 118 Å². The van der Waals surface area contributed by atoms with Gasteiger partial charge in [0.15, 0.2) is 6.29 Å². The number of carboxylic acid groups (broad SMARTS) is 1. The number of ether oxygens (including phenoxy) is 3. The first-order valence-electron chi connectivity index (χ1n) is 16.3. The summed E-state index contributed by atoms with van der Waals surface area (Å²) >= 11 is 0. The van der Waals surface area contributed by atoms with Gasteiger partial charge in [-0.3, -0.25) is 14.5 Å². The Balaban J connectivity index is 1.29. The second kappa shape index (κ2) is 16.3. The van der Waals surface area contributed by atoms with E-state index in [1.165, 1.54) is 0 Å². The van der Waals surface area contributed by atoms with Crippen molar-refractivity contribution < 1.29 is 34.0 Å². The maximum absolute atomic E-state index is 12.1. The van der Waals surface area contributed by atoms with Gasteiger partial charge in [-0.2, -0.15) is 0 Å². The third kappa shape index (κ3) is 8.80. The molecule has 0 spiro atoms. The zero-order valence-electron chi connectivity index (χ0n) is 26.8. The average Bonchev–Trinajstić information content (AvgIpc) is 3.51. The molecule has 46 heavy (non-hydrogen) atoms. The Morgan fingerprint density at radius 2 is 1.72 bits per heavy atom. The summed E-state index contributed by atoms with van der Waals surface area (Å²) in [6.45, 7) is 5.13. The van der Waals surface area contributed by atoms with E-state index in [1.807, 2.05) is 42.5 Å². The van der Waals surface area contributed by atoms with Gasteiger partial charge in [0.25, 0.3) is 0 Å². The van der Waals surface area contributed by atoms with E-state index in [9.17, 15) is 14.7 Å². The molecule has 3 aromatic rings. The predicted molar refractivity (Wildman–Crippen MR) is 175 cm³/mol. The molecule has 5 atom stereocenters. The van der Waals surface area contributed by atoms with Gasteiger partial charge < -0.3 is 29.7 Å². The molecule has 0 radical (unpaired) electrons. The molecule has 2 heterocycles. The highest BCUT2D eigenvalue weighted by Gasteiger charge is 2.40. The highest BCUT2D eigenvalue weighted by molar-refractivity contribution is 5.76. The van der Waals surface area contributed by atoms with Gasteiger partial charge in [-0.15, -0.1) is 0 Å². The van der Waals surface area contributed by atoms with Gasteiger partial charge in [-0.05, 0) is 59.7 Å². The summed E-state index contributed by atoms with van der Waals surface area (Å²) in [7, 11) is 1.76. The normalized spacial score (nSPS) is 23.3. The molecule has 0 unspecified atom stereocenters. The number of hydrogen-bond donors (Lipinski definition) is 3. The second-order valence-corrected chi connectivity index (χ2v) is 12.4. The number of benzene rings is 3. The molecule has 2 fully saturated rings. The molecule has 0 bridgehead atoms. The molecule has 2 aliphatic rings. The smallest absolute Gasteiger partial charge is 0.303 e. The number of aliphatic carboxylic acids is 1. The fraction of sp³-hybridized carbons (Fsp3) is 0.459. The SMILES string of the molecule is COC[C@@H]1CCCN1C[C@H]1O[C@@H](c2ccc(-c3cccc(CNC(=O)CCCC(=O)O)c3)cc2)O[C@@H](c2ccc(CO)cc2)[C@H]1C. The maximum atomic E-state index is 12.1. The van der Waals surface area contributed by atoms with E-state index in [4.69, 9.17) is 19.3 Å². The Hall–Kier alpha value is -3.60. The van der Waals surface area contributed by atoms with Gasteiger partial charge in [-0.1, -0.05) is 73.7 Å². The molecule has 9 nitrogen and oxygen atoms in total. The van der Waals surface area contributed by atoms with Crippen LogP contribution in [0.1, 0.15) is 73.7 Å². The van der Waals surface area contributed by atoms with E-state index in [0.717, 1.165) is 65.9 Å². The van der Waals surface area contributed by atoms with Crippen LogP contribution in [-0.2, 0) is 37.0 Å².